The van der Waals surface area contributed by atoms with Crippen LogP contribution in [-0.4, -0.2) is 25.7 Å². The minimum Gasteiger partial charge on any atom is -0.338 e. The van der Waals surface area contributed by atoms with Gasteiger partial charge in [-0.25, -0.2) is 4.79 Å². The SMILES string of the molecule is CCNCc1cccc(N2CCCNC2=O)c1. The van der Waals surface area contributed by atoms with Crippen LogP contribution in [0.3, 0.4) is 0 Å². The Hall–Kier alpha value is -1.55. The first kappa shape index (κ1) is 11.9. The number of nitrogens with one attached hydrogen (secondary N) is 2. The highest BCUT2D eigenvalue weighted by Crippen LogP contribution is 2.18. The van der Waals surface area contributed by atoms with Crippen molar-refractivity contribution in [3.05, 3.63) is 29.8 Å². The van der Waals surface area contributed by atoms with Crippen molar-refractivity contribution in [2.24, 2.45) is 0 Å². The van der Waals surface area contributed by atoms with Crippen molar-refractivity contribution < 1.29 is 4.79 Å². The standard InChI is InChI=1S/C13H19N3O/c1-2-14-10-11-5-3-6-12(9-11)16-8-4-7-15-13(16)17/h3,5-6,9,14H,2,4,7-8,10H2,1H3,(H,15,17). The lowest BCUT2D eigenvalue weighted by atomic mass is 10.1. The van der Waals surface area contributed by atoms with Crippen molar-refractivity contribution in [1.82, 2.24) is 10.6 Å². The van der Waals surface area contributed by atoms with Crippen LogP contribution in [-0.2, 0) is 6.54 Å². The Morgan fingerprint density at radius 1 is 1.47 bits per heavy atom. The molecule has 1 aromatic carbocycles. The van der Waals surface area contributed by atoms with Crippen LogP contribution in [0.1, 0.15) is 18.9 Å². The molecule has 1 heterocycles. The summed E-state index contributed by atoms with van der Waals surface area (Å²) in [6.45, 7) is 5.47. The van der Waals surface area contributed by atoms with Gasteiger partial charge in [-0.2, -0.15) is 0 Å². The van der Waals surface area contributed by atoms with E-state index >= 15 is 0 Å². The Kier molecular flexibility index (Phi) is 3.98. The number of benzene rings is 1. The number of anilines is 1. The third-order valence-corrected chi connectivity index (χ3v) is 2.88. The Balaban J connectivity index is 2.11. The van der Waals surface area contributed by atoms with Crippen molar-refractivity contribution in [3.8, 4) is 0 Å². The summed E-state index contributed by atoms with van der Waals surface area (Å²) in [5.41, 5.74) is 2.19. The van der Waals surface area contributed by atoms with Crippen LogP contribution in [0, 0.1) is 0 Å². The Labute approximate surface area is 102 Å². The average Bonchev–Trinajstić information content (AvgIpc) is 2.37. The number of nitrogens with zero attached hydrogens (tertiary/aromatic N) is 1. The lowest BCUT2D eigenvalue weighted by molar-refractivity contribution is 0.243. The number of amides is 2. The van der Waals surface area contributed by atoms with E-state index in [9.17, 15) is 4.79 Å². The highest BCUT2D eigenvalue weighted by molar-refractivity contribution is 5.92. The topological polar surface area (TPSA) is 44.4 Å². The Morgan fingerprint density at radius 2 is 2.35 bits per heavy atom. The van der Waals surface area contributed by atoms with Gasteiger partial charge >= 0.3 is 6.03 Å². The second kappa shape index (κ2) is 5.68. The molecule has 0 atom stereocenters. The van der Waals surface area contributed by atoms with E-state index in [4.69, 9.17) is 0 Å². The maximum absolute atomic E-state index is 11.7. The quantitative estimate of drug-likeness (QED) is 0.831. The van der Waals surface area contributed by atoms with Gasteiger partial charge in [-0.05, 0) is 30.7 Å². The number of carbonyl (C=O) groups excluding carboxylic acids is 1. The molecule has 92 valence electrons. The zero-order valence-corrected chi connectivity index (χ0v) is 10.2. The summed E-state index contributed by atoms with van der Waals surface area (Å²) in [5, 5.41) is 6.15. The first-order valence-electron chi connectivity index (χ1n) is 6.16. The van der Waals surface area contributed by atoms with E-state index in [0.717, 1.165) is 38.3 Å². The van der Waals surface area contributed by atoms with Gasteiger partial charge in [-0.1, -0.05) is 19.1 Å². The van der Waals surface area contributed by atoms with Crippen LogP contribution >= 0.6 is 0 Å². The molecule has 17 heavy (non-hydrogen) atoms. The molecule has 0 radical (unpaired) electrons. The first-order valence-corrected chi connectivity index (χ1v) is 6.16. The lowest BCUT2D eigenvalue weighted by Crippen LogP contribution is -2.46. The predicted molar refractivity (Wildman–Crippen MR) is 69.2 cm³/mol. The minimum absolute atomic E-state index is 0.0110. The summed E-state index contributed by atoms with van der Waals surface area (Å²) in [6.07, 6.45) is 1.00. The first-order chi connectivity index (χ1) is 8.31. The summed E-state index contributed by atoms with van der Waals surface area (Å²) in [6, 6.07) is 8.16. The molecule has 0 unspecified atom stereocenters. The fraction of sp³-hybridized carbons (Fsp3) is 0.462. The van der Waals surface area contributed by atoms with E-state index in [1.807, 2.05) is 12.1 Å². The van der Waals surface area contributed by atoms with Crippen molar-refractivity contribution in [1.29, 1.82) is 0 Å². The van der Waals surface area contributed by atoms with E-state index < -0.39 is 0 Å². The van der Waals surface area contributed by atoms with Gasteiger partial charge in [0.25, 0.3) is 0 Å². The number of hydrogen-bond acceptors (Lipinski definition) is 2. The molecule has 2 rings (SSSR count). The molecular weight excluding hydrogens is 214 g/mol. The molecule has 2 amide bonds. The summed E-state index contributed by atoms with van der Waals surface area (Å²) in [7, 11) is 0. The largest absolute Gasteiger partial charge is 0.338 e. The highest BCUT2D eigenvalue weighted by atomic mass is 16.2. The second-order valence-corrected chi connectivity index (χ2v) is 4.19. The molecule has 0 saturated carbocycles. The third kappa shape index (κ3) is 2.97. The predicted octanol–water partition coefficient (Wildman–Crippen LogP) is 1.72. The zero-order chi connectivity index (χ0) is 12.1. The van der Waals surface area contributed by atoms with Gasteiger partial charge in [0.1, 0.15) is 0 Å². The molecule has 1 saturated heterocycles. The maximum atomic E-state index is 11.7. The number of rotatable bonds is 4. The Morgan fingerprint density at radius 3 is 3.12 bits per heavy atom. The zero-order valence-electron chi connectivity index (χ0n) is 10.2. The summed E-state index contributed by atoms with van der Waals surface area (Å²) in [5.74, 6) is 0. The van der Waals surface area contributed by atoms with Gasteiger partial charge in [-0.15, -0.1) is 0 Å². The number of hydrogen-bond donors (Lipinski definition) is 2. The molecule has 1 aliphatic heterocycles. The van der Waals surface area contributed by atoms with Gasteiger partial charge in [0.2, 0.25) is 0 Å². The van der Waals surface area contributed by atoms with Crippen molar-refractivity contribution in [2.75, 3.05) is 24.5 Å². The van der Waals surface area contributed by atoms with Crippen LogP contribution in [0.15, 0.2) is 24.3 Å². The normalized spacial score (nSPS) is 15.8. The van der Waals surface area contributed by atoms with Crippen molar-refractivity contribution in [3.63, 3.8) is 0 Å². The summed E-state index contributed by atoms with van der Waals surface area (Å²) >= 11 is 0. The molecule has 4 nitrogen and oxygen atoms in total. The fourth-order valence-corrected chi connectivity index (χ4v) is 1.98. The van der Waals surface area contributed by atoms with Gasteiger partial charge in [0.05, 0.1) is 0 Å². The molecule has 0 aliphatic carbocycles. The molecule has 1 fully saturated rings. The molecule has 0 spiro atoms. The van der Waals surface area contributed by atoms with Gasteiger partial charge < -0.3 is 10.6 Å². The monoisotopic (exact) mass is 233 g/mol. The van der Waals surface area contributed by atoms with Crippen LogP contribution < -0.4 is 15.5 Å². The van der Waals surface area contributed by atoms with Gasteiger partial charge in [-0.3, -0.25) is 4.90 Å². The summed E-state index contributed by atoms with van der Waals surface area (Å²) < 4.78 is 0. The van der Waals surface area contributed by atoms with E-state index in [1.54, 1.807) is 4.90 Å². The molecule has 1 aliphatic rings. The average molecular weight is 233 g/mol. The molecule has 4 heteroatoms. The van der Waals surface area contributed by atoms with Crippen LogP contribution in [0.25, 0.3) is 0 Å². The van der Waals surface area contributed by atoms with E-state index in [2.05, 4.69) is 29.7 Å². The van der Waals surface area contributed by atoms with Crippen molar-refractivity contribution in [2.45, 2.75) is 19.9 Å². The fourth-order valence-electron chi connectivity index (χ4n) is 1.98. The van der Waals surface area contributed by atoms with Crippen LogP contribution in [0.2, 0.25) is 0 Å². The molecule has 0 bridgehead atoms. The van der Waals surface area contributed by atoms with Crippen LogP contribution in [0.4, 0.5) is 10.5 Å². The van der Waals surface area contributed by atoms with E-state index in [-0.39, 0.29) is 6.03 Å². The van der Waals surface area contributed by atoms with Gasteiger partial charge in [0.15, 0.2) is 0 Å². The van der Waals surface area contributed by atoms with Gasteiger partial charge in [0, 0.05) is 25.3 Å². The summed E-state index contributed by atoms with van der Waals surface area (Å²) in [4.78, 5) is 13.5. The molecule has 2 N–H and O–H groups in total. The maximum Gasteiger partial charge on any atom is 0.321 e. The Bertz CT molecular complexity index is 392. The molecule has 0 aromatic heterocycles. The second-order valence-electron chi connectivity index (χ2n) is 4.19. The number of carbonyl (C=O) groups is 1. The minimum atomic E-state index is 0.0110. The number of urea groups is 1. The van der Waals surface area contributed by atoms with Crippen LogP contribution in [0.5, 0.6) is 0 Å². The molecular formula is C13H19N3O. The van der Waals surface area contributed by atoms with E-state index in [1.165, 1.54) is 5.56 Å². The van der Waals surface area contributed by atoms with Crippen molar-refractivity contribution >= 4 is 11.7 Å². The highest BCUT2D eigenvalue weighted by Gasteiger charge is 2.18. The third-order valence-electron chi connectivity index (χ3n) is 2.88. The molecule has 1 aromatic rings. The smallest absolute Gasteiger partial charge is 0.321 e. The van der Waals surface area contributed by atoms with E-state index in [0.29, 0.717) is 0 Å². The lowest BCUT2D eigenvalue weighted by Gasteiger charge is -2.27.